The monoisotopic (exact) mass is 343 g/mol. The standard InChI is InChI=1S/C19H22FN3O2/c20-16-1-2-19-15(11-16)12-17(25-19)13-22-7-4-14(5-8-22)18-3-6-21-23(18)9-10-24/h1-3,6,11-12,14,24H,4-5,7-10,13H2. The molecule has 0 saturated carbocycles. The molecule has 1 aromatic carbocycles. The summed E-state index contributed by atoms with van der Waals surface area (Å²) in [5.74, 6) is 1.12. The number of hydrogen-bond acceptors (Lipinski definition) is 4. The van der Waals surface area contributed by atoms with E-state index in [1.165, 1.54) is 17.8 Å². The second-order valence-corrected chi connectivity index (χ2v) is 6.65. The van der Waals surface area contributed by atoms with Crippen LogP contribution in [0, 0.1) is 5.82 Å². The fourth-order valence-electron chi connectivity index (χ4n) is 3.73. The Hall–Kier alpha value is -2.18. The van der Waals surface area contributed by atoms with Gasteiger partial charge in [0, 0.05) is 23.2 Å². The van der Waals surface area contributed by atoms with E-state index in [4.69, 9.17) is 9.52 Å². The lowest BCUT2D eigenvalue weighted by molar-refractivity contribution is 0.187. The first-order valence-corrected chi connectivity index (χ1v) is 8.76. The maximum Gasteiger partial charge on any atom is 0.134 e. The minimum Gasteiger partial charge on any atom is -0.460 e. The van der Waals surface area contributed by atoms with Gasteiger partial charge in [0.1, 0.15) is 17.2 Å². The summed E-state index contributed by atoms with van der Waals surface area (Å²) in [7, 11) is 0. The van der Waals surface area contributed by atoms with Gasteiger partial charge in [-0.3, -0.25) is 9.58 Å². The maximum absolute atomic E-state index is 13.3. The first-order chi connectivity index (χ1) is 12.2. The Morgan fingerprint density at radius 1 is 1.20 bits per heavy atom. The Morgan fingerprint density at radius 2 is 2.04 bits per heavy atom. The number of nitrogens with zero attached hydrogens (tertiary/aromatic N) is 3. The molecule has 0 amide bonds. The van der Waals surface area contributed by atoms with Crippen molar-refractivity contribution in [3.63, 3.8) is 0 Å². The summed E-state index contributed by atoms with van der Waals surface area (Å²) in [6.45, 7) is 3.39. The predicted octanol–water partition coefficient (Wildman–Crippen LogP) is 3.14. The van der Waals surface area contributed by atoms with Crippen LogP contribution in [0.3, 0.4) is 0 Å². The second-order valence-electron chi connectivity index (χ2n) is 6.65. The van der Waals surface area contributed by atoms with Crippen molar-refractivity contribution < 1.29 is 13.9 Å². The molecule has 25 heavy (non-hydrogen) atoms. The van der Waals surface area contributed by atoms with Crippen molar-refractivity contribution >= 4 is 11.0 Å². The van der Waals surface area contributed by atoms with E-state index < -0.39 is 0 Å². The van der Waals surface area contributed by atoms with Gasteiger partial charge in [-0.1, -0.05) is 0 Å². The number of benzene rings is 1. The van der Waals surface area contributed by atoms with Crippen LogP contribution in [-0.2, 0) is 13.1 Å². The summed E-state index contributed by atoms with van der Waals surface area (Å²) < 4.78 is 21.0. The number of hydrogen-bond donors (Lipinski definition) is 1. The van der Waals surface area contributed by atoms with Crippen molar-refractivity contribution in [1.29, 1.82) is 0 Å². The summed E-state index contributed by atoms with van der Waals surface area (Å²) >= 11 is 0. The van der Waals surface area contributed by atoms with Crippen molar-refractivity contribution in [3.05, 3.63) is 53.8 Å². The molecular formula is C19H22FN3O2. The zero-order valence-corrected chi connectivity index (χ0v) is 14.1. The molecule has 0 atom stereocenters. The SMILES string of the molecule is OCCn1nccc1C1CCN(Cc2cc3cc(F)ccc3o2)CC1. The summed E-state index contributed by atoms with van der Waals surface area (Å²) in [5, 5.41) is 14.3. The summed E-state index contributed by atoms with van der Waals surface area (Å²) in [6.07, 6.45) is 3.93. The highest BCUT2D eigenvalue weighted by Crippen LogP contribution is 2.29. The molecule has 4 rings (SSSR count). The quantitative estimate of drug-likeness (QED) is 0.773. The van der Waals surface area contributed by atoms with Crippen molar-refractivity contribution in [2.45, 2.75) is 31.8 Å². The molecular weight excluding hydrogens is 321 g/mol. The number of fused-ring (bicyclic) bond motifs is 1. The summed E-state index contributed by atoms with van der Waals surface area (Å²) in [4.78, 5) is 2.37. The van der Waals surface area contributed by atoms with Crippen LogP contribution in [-0.4, -0.2) is 39.5 Å². The van der Waals surface area contributed by atoms with E-state index in [1.54, 1.807) is 6.07 Å². The predicted molar refractivity (Wildman–Crippen MR) is 92.7 cm³/mol. The Kier molecular flexibility index (Phi) is 4.55. The minimum atomic E-state index is -0.236. The van der Waals surface area contributed by atoms with Crippen molar-refractivity contribution in [1.82, 2.24) is 14.7 Å². The molecule has 0 spiro atoms. The number of halogens is 1. The highest BCUT2D eigenvalue weighted by Gasteiger charge is 2.23. The van der Waals surface area contributed by atoms with E-state index in [0.717, 1.165) is 49.2 Å². The molecule has 2 aromatic heterocycles. The zero-order valence-electron chi connectivity index (χ0n) is 14.1. The van der Waals surface area contributed by atoms with E-state index in [-0.39, 0.29) is 12.4 Å². The van der Waals surface area contributed by atoms with Gasteiger partial charge in [-0.05, 0) is 56.3 Å². The smallest absolute Gasteiger partial charge is 0.134 e. The molecule has 132 valence electrons. The number of aliphatic hydroxyl groups is 1. The fourth-order valence-corrected chi connectivity index (χ4v) is 3.73. The number of aromatic nitrogens is 2. The van der Waals surface area contributed by atoms with E-state index in [1.807, 2.05) is 16.9 Å². The maximum atomic E-state index is 13.3. The summed E-state index contributed by atoms with van der Waals surface area (Å²) in [6, 6.07) is 8.61. The second kappa shape index (κ2) is 6.98. The molecule has 6 heteroatoms. The van der Waals surface area contributed by atoms with Crippen molar-refractivity contribution in [2.75, 3.05) is 19.7 Å². The molecule has 3 heterocycles. The molecule has 0 aliphatic carbocycles. The molecule has 1 aliphatic rings. The normalized spacial score (nSPS) is 16.7. The van der Waals surface area contributed by atoms with E-state index >= 15 is 0 Å². The van der Waals surface area contributed by atoms with Crippen LogP contribution in [0.15, 0.2) is 40.9 Å². The van der Waals surface area contributed by atoms with Gasteiger partial charge in [0.05, 0.1) is 19.7 Å². The lowest BCUT2D eigenvalue weighted by Crippen LogP contribution is -2.33. The van der Waals surface area contributed by atoms with Crippen LogP contribution in [0.25, 0.3) is 11.0 Å². The third kappa shape index (κ3) is 3.45. The van der Waals surface area contributed by atoms with Crippen molar-refractivity contribution in [3.8, 4) is 0 Å². The molecule has 1 aliphatic heterocycles. The van der Waals surface area contributed by atoms with E-state index in [9.17, 15) is 4.39 Å². The van der Waals surface area contributed by atoms with Crippen LogP contribution in [0.5, 0.6) is 0 Å². The lowest BCUT2D eigenvalue weighted by atomic mass is 9.93. The summed E-state index contributed by atoms with van der Waals surface area (Å²) in [5.41, 5.74) is 1.95. The average molecular weight is 343 g/mol. The lowest BCUT2D eigenvalue weighted by Gasteiger charge is -2.31. The van der Waals surface area contributed by atoms with Crippen LogP contribution in [0.4, 0.5) is 4.39 Å². The van der Waals surface area contributed by atoms with Crippen LogP contribution >= 0.6 is 0 Å². The third-order valence-corrected chi connectivity index (χ3v) is 4.98. The molecule has 5 nitrogen and oxygen atoms in total. The van der Waals surface area contributed by atoms with Gasteiger partial charge < -0.3 is 9.52 Å². The average Bonchev–Trinajstić information content (AvgIpc) is 3.22. The molecule has 0 bridgehead atoms. The number of furan rings is 1. The highest BCUT2D eigenvalue weighted by molar-refractivity contribution is 5.77. The molecule has 0 unspecified atom stereocenters. The van der Waals surface area contributed by atoms with Crippen LogP contribution in [0.2, 0.25) is 0 Å². The van der Waals surface area contributed by atoms with E-state index in [0.29, 0.717) is 12.5 Å². The Labute approximate surface area is 145 Å². The first kappa shape index (κ1) is 16.3. The zero-order chi connectivity index (χ0) is 17.2. The van der Waals surface area contributed by atoms with Gasteiger partial charge in [0.2, 0.25) is 0 Å². The molecule has 1 saturated heterocycles. The van der Waals surface area contributed by atoms with Crippen molar-refractivity contribution in [2.24, 2.45) is 0 Å². The number of aliphatic hydroxyl groups excluding tert-OH is 1. The molecule has 1 fully saturated rings. The molecule has 1 N–H and O–H groups in total. The van der Waals surface area contributed by atoms with Gasteiger partial charge in [0.25, 0.3) is 0 Å². The van der Waals surface area contributed by atoms with E-state index in [2.05, 4.69) is 16.1 Å². The Balaban J connectivity index is 1.39. The van der Waals surface area contributed by atoms with Crippen LogP contribution in [0.1, 0.15) is 30.2 Å². The fraction of sp³-hybridized carbons (Fsp3) is 0.421. The van der Waals surface area contributed by atoms with Gasteiger partial charge in [-0.15, -0.1) is 0 Å². The third-order valence-electron chi connectivity index (χ3n) is 4.98. The van der Waals surface area contributed by atoms with Gasteiger partial charge in [-0.2, -0.15) is 5.10 Å². The first-order valence-electron chi connectivity index (χ1n) is 8.76. The topological polar surface area (TPSA) is 54.4 Å². The largest absolute Gasteiger partial charge is 0.460 e. The number of piperidine rings is 1. The van der Waals surface area contributed by atoms with Gasteiger partial charge in [-0.25, -0.2) is 4.39 Å². The van der Waals surface area contributed by atoms with Crippen LogP contribution < -0.4 is 0 Å². The Bertz CT molecular complexity index is 849. The number of rotatable bonds is 5. The number of likely N-dealkylation sites (tertiary alicyclic amines) is 1. The molecule has 3 aromatic rings. The van der Waals surface area contributed by atoms with Gasteiger partial charge >= 0.3 is 0 Å². The highest BCUT2D eigenvalue weighted by atomic mass is 19.1. The Morgan fingerprint density at radius 3 is 2.84 bits per heavy atom. The minimum absolute atomic E-state index is 0.111. The molecule has 0 radical (unpaired) electrons. The van der Waals surface area contributed by atoms with Gasteiger partial charge in [0.15, 0.2) is 0 Å².